The summed E-state index contributed by atoms with van der Waals surface area (Å²) in [5, 5.41) is 2.74. The quantitative estimate of drug-likeness (QED) is 0.672. The molecule has 6 heteroatoms. The highest BCUT2D eigenvalue weighted by atomic mass is 16.5. The molecule has 0 fully saturated rings. The third kappa shape index (κ3) is 4.43. The van der Waals surface area contributed by atoms with Crippen LogP contribution in [0, 0.1) is 13.8 Å². The summed E-state index contributed by atoms with van der Waals surface area (Å²) >= 11 is 0. The molecular formula is C24H25N3O3. The molecule has 0 spiro atoms. The number of ether oxygens (including phenoxy) is 2. The van der Waals surface area contributed by atoms with Gasteiger partial charge in [0.05, 0.1) is 0 Å². The van der Waals surface area contributed by atoms with Crippen molar-refractivity contribution in [2.45, 2.75) is 46.3 Å². The van der Waals surface area contributed by atoms with Crippen molar-refractivity contribution in [3.63, 3.8) is 0 Å². The van der Waals surface area contributed by atoms with E-state index in [-0.39, 0.29) is 11.5 Å². The number of aryl methyl sites for hydroxylation is 2. The molecule has 0 unspecified atom stereocenters. The number of hydrogen-bond donors (Lipinski definition) is 1. The first-order chi connectivity index (χ1) is 14.3. The van der Waals surface area contributed by atoms with Gasteiger partial charge in [0.1, 0.15) is 12.2 Å². The van der Waals surface area contributed by atoms with Crippen LogP contribution < -0.4 is 14.8 Å². The van der Waals surface area contributed by atoms with E-state index >= 15 is 0 Å². The molecule has 2 aromatic carbocycles. The maximum atomic E-state index is 12.5. The normalized spacial score (nSPS) is 14.0. The number of para-hydroxylation sites is 1. The Bertz CT molecular complexity index is 1070. The third-order valence-corrected chi connectivity index (χ3v) is 4.87. The monoisotopic (exact) mass is 403 g/mol. The summed E-state index contributed by atoms with van der Waals surface area (Å²) in [5.41, 5.74) is 4.07. The first-order valence-corrected chi connectivity index (χ1v) is 9.95. The van der Waals surface area contributed by atoms with E-state index in [9.17, 15) is 4.79 Å². The molecular weight excluding hydrogens is 378 g/mol. The number of amides is 1. The van der Waals surface area contributed by atoms with Crippen molar-refractivity contribution in [1.82, 2.24) is 9.97 Å². The lowest BCUT2D eigenvalue weighted by atomic mass is 10.0. The summed E-state index contributed by atoms with van der Waals surface area (Å²) in [5.74, 6) is 1.63. The summed E-state index contributed by atoms with van der Waals surface area (Å²) in [6.45, 7) is 8.27. The van der Waals surface area contributed by atoms with Gasteiger partial charge in [0.2, 0.25) is 5.95 Å². The van der Waals surface area contributed by atoms with Crippen LogP contribution in [0.4, 0.5) is 5.95 Å². The van der Waals surface area contributed by atoms with Crippen molar-refractivity contribution in [1.29, 1.82) is 0 Å². The number of carbonyl (C=O) groups excluding carboxylic acids is 1. The third-order valence-electron chi connectivity index (χ3n) is 4.87. The minimum Gasteiger partial charge on any atom is -0.485 e. The van der Waals surface area contributed by atoms with Crippen molar-refractivity contribution < 1.29 is 14.3 Å². The standard InChI is InChI=1S/C24H25N3O3/c1-15-12-16(2)26-23(25-15)27-22(28)18-10-8-17(9-11-18)14-29-20-7-5-6-19-13-24(3,4)30-21(19)20/h5-12H,13-14H2,1-4H3,(H,25,26,27,28). The number of aromatic nitrogens is 2. The molecule has 154 valence electrons. The fraction of sp³-hybridized carbons (Fsp3) is 0.292. The van der Waals surface area contributed by atoms with E-state index < -0.39 is 0 Å². The molecule has 0 saturated carbocycles. The van der Waals surface area contributed by atoms with Gasteiger partial charge in [0.25, 0.3) is 5.91 Å². The maximum Gasteiger partial charge on any atom is 0.258 e. The molecule has 0 aliphatic carbocycles. The van der Waals surface area contributed by atoms with Gasteiger partial charge in [-0.25, -0.2) is 9.97 Å². The highest BCUT2D eigenvalue weighted by molar-refractivity contribution is 6.03. The largest absolute Gasteiger partial charge is 0.485 e. The number of fused-ring (bicyclic) bond motifs is 1. The Morgan fingerprint density at radius 2 is 1.80 bits per heavy atom. The van der Waals surface area contributed by atoms with Crippen LogP contribution in [0.2, 0.25) is 0 Å². The van der Waals surface area contributed by atoms with Crippen molar-refractivity contribution in [2.75, 3.05) is 5.32 Å². The number of rotatable bonds is 5. The fourth-order valence-electron chi connectivity index (χ4n) is 3.57. The molecule has 1 aromatic heterocycles. The molecule has 3 aromatic rings. The zero-order valence-corrected chi connectivity index (χ0v) is 17.7. The number of nitrogens with zero attached hydrogens (tertiary/aromatic N) is 2. The number of hydrogen-bond acceptors (Lipinski definition) is 5. The van der Waals surface area contributed by atoms with Crippen molar-refractivity contribution in [2.24, 2.45) is 0 Å². The van der Waals surface area contributed by atoms with E-state index in [4.69, 9.17) is 9.47 Å². The molecule has 1 aliphatic heterocycles. The van der Waals surface area contributed by atoms with Crippen LogP contribution in [0.25, 0.3) is 0 Å². The van der Waals surface area contributed by atoms with Crippen LogP contribution in [0.5, 0.6) is 11.5 Å². The van der Waals surface area contributed by atoms with Gasteiger partial charge in [-0.1, -0.05) is 24.3 Å². The Balaban J connectivity index is 1.40. The van der Waals surface area contributed by atoms with Gasteiger partial charge in [0, 0.05) is 28.9 Å². The minimum absolute atomic E-state index is 0.212. The fourth-order valence-corrected chi connectivity index (χ4v) is 3.57. The first-order valence-electron chi connectivity index (χ1n) is 9.95. The summed E-state index contributed by atoms with van der Waals surface area (Å²) < 4.78 is 12.1. The molecule has 0 bridgehead atoms. The number of anilines is 1. The Labute approximate surface area is 176 Å². The lowest BCUT2D eigenvalue weighted by molar-refractivity contribution is 0.102. The predicted octanol–water partition coefficient (Wildman–Crippen LogP) is 4.64. The zero-order valence-electron chi connectivity index (χ0n) is 17.7. The summed E-state index contributed by atoms with van der Waals surface area (Å²) in [6, 6.07) is 15.1. The summed E-state index contributed by atoms with van der Waals surface area (Å²) in [6.07, 6.45) is 0.869. The van der Waals surface area contributed by atoms with Crippen LogP contribution >= 0.6 is 0 Å². The second-order valence-corrected chi connectivity index (χ2v) is 8.20. The summed E-state index contributed by atoms with van der Waals surface area (Å²) in [7, 11) is 0. The van der Waals surface area contributed by atoms with Gasteiger partial charge >= 0.3 is 0 Å². The molecule has 30 heavy (non-hydrogen) atoms. The van der Waals surface area contributed by atoms with Crippen molar-refractivity contribution in [3.05, 3.63) is 76.6 Å². The minimum atomic E-state index is -0.246. The Hall–Kier alpha value is -3.41. The van der Waals surface area contributed by atoms with E-state index in [1.165, 1.54) is 0 Å². The molecule has 0 atom stereocenters. The second-order valence-electron chi connectivity index (χ2n) is 8.20. The summed E-state index contributed by atoms with van der Waals surface area (Å²) in [4.78, 5) is 21.0. The molecule has 0 radical (unpaired) electrons. The zero-order chi connectivity index (χ0) is 21.3. The van der Waals surface area contributed by atoms with E-state index in [0.29, 0.717) is 18.1 Å². The van der Waals surface area contributed by atoms with E-state index in [1.54, 1.807) is 12.1 Å². The molecule has 1 amide bonds. The Morgan fingerprint density at radius 3 is 2.50 bits per heavy atom. The average Bonchev–Trinajstić information content (AvgIpc) is 3.00. The van der Waals surface area contributed by atoms with Gasteiger partial charge in [-0.05, 0) is 57.5 Å². The van der Waals surface area contributed by atoms with Crippen LogP contribution in [0.3, 0.4) is 0 Å². The topological polar surface area (TPSA) is 73.3 Å². The van der Waals surface area contributed by atoms with Crippen molar-refractivity contribution in [3.8, 4) is 11.5 Å². The molecule has 4 rings (SSSR count). The highest BCUT2D eigenvalue weighted by Crippen LogP contribution is 2.41. The molecule has 1 N–H and O–H groups in total. The van der Waals surface area contributed by atoms with E-state index in [0.717, 1.165) is 40.4 Å². The molecule has 6 nitrogen and oxygen atoms in total. The van der Waals surface area contributed by atoms with E-state index in [2.05, 4.69) is 35.2 Å². The van der Waals surface area contributed by atoms with Gasteiger partial charge in [-0.2, -0.15) is 0 Å². The number of carbonyl (C=O) groups is 1. The van der Waals surface area contributed by atoms with Crippen LogP contribution in [-0.2, 0) is 13.0 Å². The second kappa shape index (κ2) is 7.78. The maximum absolute atomic E-state index is 12.5. The molecule has 0 saturated heterocycles. The van der Waals surface area contributed by atoms with Crippen LogP contribution in [0.15, 0.2) is 48.5 Å². The van der Waals surface area contributed by atoms with Crippen LogP contribution in [-0.4, -0.2) is 21.5 Å². The smallest absolute Gasteiger partial charge is 0.258 e. The van der Waals surface area contributed by atoms with E-state index in [1.807, 2.05) is 44.2 Å². The highest BCUT2D eigenvalue weighted by Gasteiger charge is 2.32. The van der Waals surface area contributed by atoms with Crippen molar-refractivity contribution >= 4 is 11.9 Å². The average molecular weight is 403 g/mol. The molecule has 1 aliphatic rings. The lowest BCUT2D eigenvalue weighted by Crippen LogP contribution is -2.24. The lowest BCUT2D eigenvalue weighted by Gasteiger charge is -2.18. The Kier molecular flexibility index (Phi) is 5.16. The van der Waals surface area contributed by atoms with Gasteiger partial charge in [-0.3, -0.25) is 10.1 Å². The van der Waals surface area contributed by atoms with Gasteiger partial charge in [0.15, 0.2) is 11.5 Å². The SMILES string of the molecule is Cc1cc(C)nc(NC(=O)c2ccc(COc3cccc4c3OC(C)(C)C4)cc2)n1. The number of nitrogens with one attached hydrogen (secondary N) is 1. The van der Waals surface area contributed by atoms with Crippen LogP contribution in [0.1, 0.15) is 46.7 Å². The van der Waals surface area contributed by atoms with Gasteiger partial charge in [-0.15, -0.1) is 0 Å². The predicted molar refractivity (Wildman–Crippen MR) is 115 cm³/mol. The molecule has 2 heterocycles. The van der Waals surface area contributed by atoms with Gasteiger partial charge < -0.3 is 9.47 Å². The Morgan fingerprint density at radius 1 is 1.10 bits per heavy atom. The number of benzene rings is 2. The first kappa shape index (κ1) is 19.9.